The van der Waals surface area contributed by atoms with E-state index in [1.807, 2.05) is 17.9 Å². The van der Waals surface area contributed by atoms with Crippen molar-refractivity contribution >= 4 is 0 Å². The lowest BCUT2D eigenvalue weighted by molar-refractivity contribution is 0.537. The summed E-state index contributed by atoms with van der Waals surface area (Å²) in [5, 5.41) is 7.88. The summed E-state index contributed by atoms with van der Waals surface area (Å²) in [7, 11) is 2.02. The summed E-state index contributed by atoms with van der Waals surface area (Å²) in [6.45, 7) is 1.08. The van der Waals surface area contributed by atoms with Crippen molar-refractivity contribution in [2.24, 2.45) is 7.05 Å². The molecule has 2 atom stereocenters. The first-order valence-corrected chi connectivity index (χ1v) is 6.12. The molecule has 3 nitrogen and oxygen atoms in total. The minimum Gasteiger partial charge on any atom is -0.309 e. The van der Waals surface area contributed by atoms with E-state index in [1.165, 1.54) is 17.7 Å². The van der Waals surface area contributed by atoms with Crippen LogP contribution in [0, 0.1) is 0 Å². The standard InChI is InChI=1S/C14H17N3/c1-17-13(8-10-16-17)12-7-9-15-14(12)11-5-3-2-4-6-11/h2-6,8,10,12,14-15H,7,9H2,1H3. The monoisotopic (exact) mass is 227 g/mol. The molecule has 0 bridgehead atoms. The second-order valence-electron chi connectivity index (χ2n) is 4.62. The summed E-state index contributed by atoms with van der Waals surface area (Å²) in [5.41, 5.74) is 2.69. The Kier molecular flexibility index (Phi) is 2.69. The Morgan fingerprint density at radius 3 is 2.76 bits per heavy atom. The molecule has 0 radical (unpaired) electrons. The molecule has 2 heterocycles. The molecule has 1 fully saturated rings. The Morgan fingerprint density at radius 2 is 2.06 bits per heavy atom. The van der Waals surface area contributed by atoms with E-state index in [1.54, 1.807) is 0 Å². The molecular formula is C14H17N3. The third kappa shape index (κ3) is 1.87. The molecular weight excluding hydrogens is 210 g/mol. The number of rotatable bonds is 2. The van der Waals surface area contributed by atoms with E-state index in [-0.39, 0.29) is 0 Å². The third-order valence-corrected chi connectivity index (χ3v) is 3.62. The Labute approximate surface area is 101 Å². The third-order valence-electron chi connectivity index (χ3n) is 3.62. The Hall–Kier alpha value is -1.61. The van der Waals surface area contributed by atoms with Gasteiger partial charge in [-0.25, -0.2) is 0 Å². The van der Waals surface area contributed by atoms with Gasteiger partial charge in [-0.05, 0) is 24.6 Å². The van der Waals surface area contributed by atoms with Crippen LogP contribution in [0.15, 0.2) is 42.6 Å². The van der Waals surface area contributed by atoms with Crippen molar-refractivity contribution in [3.63, 3.8) is 0 Å². The molecule has 2 unspecified atom stereocenters. The van der Waals surface area contributed by atoms with Crippen LogP contribution in [0.4, 0.5) is 0 Å². The van der Waals surface area contributed by atoms with E-state index in [0.717, 1.165) is 6.54 Å². The van der Waals surface area contributed by atoms with Crippen LogP contribution in [0.25, 0.3) is 0 Å². The Balaban J connectivity index is 1.93. The summed E-state index contributed by atoms with van der Waals surface area (Å²) in [5.74, 6) is 0.532. The molecule has 3 rings (SSSR count). The van der Waals surface area contributed by atoms with Crippen LogP contribution < -0.4 is 5.32 Å². The highest BCUT2D eigenvalue weighted by Crippen LogP contribution is 2.37. The predicted molar refractivity (Wildman–Crippen MR) is 67.8 cm³/mol. The van der Waals surface area contributed by atoms with E-state index in [2.05, 4.69) is 46.8 Å². The van der Waals surface area contributed by atoms with Crippen LogP contribution >= 0.6 is 0 Å². The summed E-state index contributed by atoms with van der Waals surface area (Å²) < 4.78 is 1.99. The highest BCUT2D eigenvalue weighted by molar-refractivity contribution is 5.26. The van der Waals surface area contributed by atoms with Crippen LogP contribution in [0.2, 0.25) is 0 Å². The van der Waals surface area contributed by atoms with Gasteiger partial charge < -0.3 is 5.32 Å². The first-order chi connectivity index (χ1) is 8.36. The largest absolute Gasteiger partial charge is 0.309 e. The van der Waals surface area contributed by atoms with Crippen LogP contribution in [0.1, 0.15) is 29.6 Å². The molecule has 1 aliphatic heterocycles. The zero-order valence-corrected chi connectivity index (χ0v) is 10.0. The zero-order valence-electron chi connectivity index (χ0n) is 10.0. The van der Waals surface area contributed by atoms with Crippen LogP contribution in [-0.2, 0) is 7.05 Å². The maximum Gasteiger partial charge on any atom is 0.0492 e. The van der Waals surface area contributed by atoms with Gasteiger partial charge in [0.05, 0.1) is 0 Å². The van der Waals surface area contributed by atoms with Crippen molar-refractivity contribution in [1.82, 2.24) is 15.1 Å². The number of hydrogen-bond acceptors (Lipinski definition) is 2. The van der Waals surface area contributed by atoms with E-state index < -0.39 is 0 Å². The average Bonchev–Trinajstić information content (AvgIpc) is 2.98. The fourth-order valence-electron chi connectivity index (χ4n) is 2.78. The number of nitrogens with one attached hydrogen (secondary N) is 1. The maximum absolute atomic E-state index is 4.28. The molecule has 1 saturated heterocycles. The molecule has 17 heavy (non-hydrogen) atoms. The number of aromatic nitrogens is 2. The molecule has 2 aromatic rings. The highest BCUT2D eigenvalue weighted by atomic mass is 15.3. The molecule has 1 aromatic heterocycles. The summed E-state index contributed by atoms with van der Waals surface area (Å²) in [6.07, 6.45) is 3.06. The second-order valence-corrected chi connectivity index (χ2v) is 4.62. The molecule has 0 spiro atoms. The van der Waals surface area contributed by atoms with Gasteiger partial charge in [-0.15, -0.1) is 0 Å². The van der Waals surface area contributed by atoms with Crippen molar-refractivity contribution in [3.05, 3.63) is 53.9 Å². The fraction of sp³-hybridized carbons (Fsp3) is 0.357. The molecule has 1 N–H and O–H groups in total. The highest BCUT2D eigenvalue weighted by Gasteiger charge is 2.30. The summed E-state index contributed by atoms with van der Waals surface area (Å²) in [6, 6.07) is 13.2. The summed E-state index contributed by atoms with van der Waals surface area (Å²) >= 11 is 0. The molecule has 0 aliphatic carbocycles. The fourth-order valence-corrected chi connectivity index (χ4v) is 2.78. The Bertz CT molecular complexity index is 489. The molecule has 1 aliphatic rings. The Morgan fingerprint density at radius 1 is 1.24 bits per heavy atom. The van der Waals surface area contributed by atoms with Gasteiger partial charge in [0.1, 0.15) is 0 Å². The lowest BCUT2D eigenvalue weighted by atomic mass is 9.91. The van der Waals surface area contributed by atoms with E-state index >= 15 is 0 Å². The molecule has 88 valence electrons. The molecule has 1 aromatic carbocycles. The van der Waals surface area contributed by atoms with Gasteiger partial charge in [0.25, 0.3) is 0 Å². The average molecular weight is 227 g/mol. The van der Waals surface area contributed by atoms with E-state index in [9.17, 15) is 0 Å². The minimum atomic E-state index is 0.423. The van der Waals surface area contributed by atoms with Gasteiger partial charge in [-0.1, -0.05) is 30.3 Å². The first kappa shape index (κ1) is 10.5. The van der Waals surface area contributed by atoms with Crippen molar-refractivity contribution in [3.8, 4) is 0 Å². The lowest BCUT2D eigenvalue weighted by Crippen LogP contribution is -2.18. The van der Waals surface area contributed by atoms with Crippen molar-refractivity contribution in [1.29, 1.82) is 0 Å². The van der Waals surface area contributed by atoms with Gasteiger partial charge in [0.15, 0.2) is 0 Å². The SMILES string of the molecule is Cn1nccc1C1CCNC1c1ccccc1. The lowest BCUT2D eigenvalue weighted by Gasteiger charge is -2.20. The van der Waals surface area contributed by atoms with Gasteiger partial charge in [-0.2, -0.15) is 5.10 Å². The van der Waals surface area contributed by atoms with Gasteiger partial charge in [-0.3, -0.25) is 4.68 Å². The predicted octanol–water partition coefficient (Wildman–Crippen LogP) is 2.24. The van der Waals surface area contributed by atoms with Crippen molar-refractivity contribution in [2.45, 2.75) is 18.4 Å². The topological polar surface area (TPSA) is 29.9 Å². The molecule has 0 amide bonds. The normalized spacial score (nSPS) is 24.1. The summed E-state index contributed by atoms with van der Waals surface area (Å²) in [4.78, 5) is 0. The molecule has 3 heteroatoms. The van der Waals surface area contributed by atoms with Crippen molar-refractivity contribution in [2.75, 3.05) is 6.54 Å². The second kappa shape index (κ2) is 4.34. The van der Waals surface area contributed by atoms with Crippen LogP contribution in [-0.4, -0.2) is 16.3 Å². The number of benzene rings is 1. The van der Waals surface area contributed by atoms with Gasteiger partial charge >= 0.3 is 0 Å². The molecule has 0 saturated carbocycles. The maximum atomic E-state index is 4.28. The van der Waals surface area contributed by atoms with E-state index in [4.69, 9.17) is 0 Å². The smallest absolute Gasteiger partial charge is 0.0492 e. The van der Waals surface area contributed by atoms with Gasteiger partial charge in [0, 0.05) is 30.9 Å². The number of hydrogen-bond donors (Lipinski definition) is 1. The van der Waals surface area contributed by atoms with Gasteiger partial charge in [0.2, 0.25) is 0 Å². The number of nitrogens with zero attached hydrogens (tertiary/aromatic N) is 2. The zero-order chi connectivity index (χ0) is 11.7. The van der Waals surface area contributed by atoms with E-state index in [0.29, 0.717) is 12.0 Å². The number of aryl methyl sites for hydroxylation is 1. The quantitative estimate of drug-likeness (QED) is 0.852. The van der Waals surface area contributed by atoms with Crippen LogP contribution in [0.3, 0.4) is 0 Å². The van der Waals surface area contributed by atoms with Crippen LogP contribution in [0.5, 0.6) is 0 Å². The first-order valence-electron chi connectivity index (χ1n) is 6.12. The minimum absolute atomic E-state index is 0.423. The van der Waals surface area contributed by atoms with Crippen molar-refractivity contribution < 1.29 is 0 Å².